The number of rotatable bonds is 10. The fourth-order valence-electron chi connectivity index (χ4n) is 3.41. The van der Waals surface area contributed by atoms with Gasteiger partial charge in [0.05, 0.1) is 18.0 Å². The third-order valence-electron chi connectivity index (χ3n) is 5.23. The summed E-state index contributed by atoms with van der Waals surface area (Å²) in [4.78, 5) is 11.5. The van der Waals surface area contributed by atoms with Crippen LogP contribution in [0.1, 0.15) is 35.6 Å². The number of aryl methyl sites for hydroxylation is 1. The van der Waals surface area contributed by atoms with Crippen LogP contribution < -0.4 is 4.72 Å². The molecule has 0 aromatic heterocycles. The number of benzene rings is 3. The zero-order chi connectivity index (χ0) is 23.8. The molecule has 174 valence electrons. The van der Waals surface area contributed by atoms with Crippen LogP contribution in [0.15, 0.2) is 82.2 Å². The van der Waals surface area contributed by atoms with Gasteiger partial charge in [-0.3, -0.25) is 4.79 Å². The summed E-state index contributed by atoms with van der Waals surface area (Å²) in [6.45, 7) is 0. The maximum Gasteiger partial charge on any atom is 0.305 e. The third kappa shape index (κ3) is 7.67. The number of carbonyl (C=O) groups is 1. The molecule has 1 atom stereocenters. The van der Waals surface area contributed by atoms with E-state index in [1.807, 2.05) is 48.5 Å². The van der Waals surface area contributed by atoms with Gasteiger partial charge in [-0.15, -0.1) is 0 Å². The number of sulfonamides is 1. The monoisotopic (exact) mass is 549 g/mol. The van der Waals surface area contributed by atoms with E-state index in [-0.39, 0.29) is 10.9 Å². The molecule has 1 N–H and O–H groups in total. The fourth-order valence-corrected chi connectivity index (χ4v) is 5.02. The van der Waals surface area contributed by atoms with E-state index in [9.17, 15) is 13.2 Å². The van der Waals surface area contributed by atoms with E-state index in [4.69, 9.17) is 11.6 Å². The molecule has 0 spiro atoms. The zero-order valence-corrected chi connectivity index (χ0v) is 21.3. The summed E-state index contributed by atoms with van der Waals surface area (Å²) in [5.74, 6) is -0.224. The molecule has 0 heterocycles. The van der Waals surface area contributed by atoms with Crippen molar-refractivity contribution in [2.24, 2.45) is 0 Å². The van der Waals surface area contributed by atoms with Gasteiger partial charge in [0.2, 0.25) is 10.0 Å². The average molecular weight is 551 g/mol. The topological polar surface area (TPSA) is 72.5 Å². The Morgan fingerprint density at radius 1 is 0.970 bits per heavy atom. The molecule has 1 unspecified atom stereocenters. The van der Waals surface area contributed by atoms with Crippen LogP contribution in [0.2, 0.25) is 5.02 Å². The second-order valence-electron chi connectivity index (χ2n) is 7.63. The number of hydrogen-bond acceptors (Lipinski definition) is 4. The Labute approximate surface area is 208 Å². The lowest BCUT2D eigenvalue weighted by Crippen LogP contribution is -2.30. The highest BCUT2D eigenvalue weighted by Gasteiger charge is 2.22. The van der Waals surface area contributed by atoms with Crippen LogP contribution in [0.25, 0.3) is 0 Å². The Hall–Kier alpha value is -2.19. The molecule has 33 heavy (non-hydrogen) atoms. The fraction of sp³-hybridized carbons (Fsp3) is 0.240. The highest BCUT2D eigenvalue weighted by atomic mass is 79.9. The Kier molecular flexibility index (Phi) is 9.09. The summed E-state index contributed by atoms with van der Waals surface area (Å²) >= 11 is 9.35. The van der Waals surface area contributed by atoms with Gasteiger partial charge in [0, 0.05) is 15.9 Å². The van der Waals surface area contributed by atoms with Gasteiger partial charge in [0.25, 0.3) is 0 Å². The molecule has 3 aromatic carbocycles. The maximum atomic E-state index is 13.1. The summed E-state index contributed by atoms with van der Waals surface area (Å²) in [6.07, 6.45) is 2.29. The van der Waals surface area contributed by atoms with Crippen molar-refractivity contribution < 1.29 is 17.9 Å². The van der Waals surface area contributed by atoms with Crippen LogP contribution >= 0.6 is 27.5 Å². The summed E-state index contributed by atoms with van der Waals surface area (Å²) in [5.41, 5.74) is 2.93. The van der Waals surface area contributed by atoms with Gasteiger partial charge in [-0.05, 0) is 72.4 Å². The van der Waals surface area contributed by atoms with Crippen molar-refractivity contribution in [3.8, 4) is 0 Å². The zero-order valence-electron chi connectivity index (χ0n) is 18.1. The van der Waals surface area contributed by atoms with Gasteiger partial charge >= 0.3 is 5.97 Å². The summed E-state index contributed by atoms with van der Waals surface area (Å²) in [6, 6.07) is 21.2. The summed E-state index contributed by atoms with van der Waals surface area (Å²) in [7, 11) is -2.38. The van der Waals surface area contributed by atoms with Crippen LogP contribution in [0.3, 0.4) is 0 Å². The van der Waals surface area contributed by atoms with E-state index in [0.717, 1.165) is 27.6 Å². The summed E-state index contributed by atoms with van der Waals surface area (Å²) < 4.78 is 34.6. The van der Waals surface area contributed by atoms with Crippen molar-refractivity contribution in [3.05, 3.63) is 99.0 Å². The Morgan fingerprint density at radius 2 is 1.58 bits per heavy atom. The third-order valence-corrected chi connectivity index (χ3v) is 7.50. The van der Waals surface area contributed by atoms with Crippen molar-refractivity contribution >= 4 is 43.5 Å². The highest BCUT2D eigenvalue weighted by Crippen LogP contribution is 2.24. The molecule has 0 saturated carbocycles. The lowest BCUT2D eigenvalue weighted by atomic mass is 9.98. The number of methoxy groups -OCH3 is 1. The number of halogens is 2. The molecule has 0 bridgehead atoms. The molecule has 0 saturated heterocycles. The molecule has 0 radical (unpaired) electrons. The molecule has 8 heteroatoms. The van der Waals surface area contributed by atoms with Crippen molar-refractivity contribution in [3.63, 3.8) is 0 Å². The first-order valence-electron chi connectivity index (χ1n) is 10.4. The van der Waals surface area contributed by atoms with E-state index in [1.165, 1.54) is 19.2 Å². The van der Waals surface area contributed by atoms with Gasteiger partial charge in [-0.1, -0.05) is 63.9 Å². The second kappa shape index (κ2) is 11.8. The molecule has 0 fully saturated rings. The average Bonchev–Trinajstić information content (AvgIpc) is 2.80. The lowest BCUT2D eigenvalue weighted by Gasteiger charge is -2.20. The van der Waals surface area contributed by atoms with E-state index < -0.39 is 16.1 Å². The Balaban J connectivity index is 1.81. The second-order valence-corrected chi connectivity index (χ2v) is 10.7. The minimum Gasteiger partial charge on any atom is -0.469 e. The first-order chi connectivity index (χ1) is 15.8. The standard InChI is InChI=1S/C25H25BrClNO4S/c1-32-25(29)4-2-3-18-5-9-20(10-6-18)24(17-19-7-11-21(26)12-8-19)28-33(30,31)23-15-13-22(27)14-16-23/h5-16,24,28H,2-4,17H2,1H3. The molecule has 3 rings (SSSR count). The Bertz CT molecular complexity index is 1160. The number of hydrogen-bond donors (Lipinski definition) is 1. The van der Waals surface area contributed by atoms with Gasteiger partial charge < -0.3 is 4.74 Å². The lowest BCUT2D eigenvalue weighted by molar-refractivity contribution is -0.140. The predicted molar refractivity (Wildman–Crippen MR) is 134 cm³/mol. The van der Waals surface area contributed by atoms with E-state index >= 15 is 0 Å². The van der Waals surface area contributed by atoms with E-state index in [1.54, 1.807) is 12.1 Å². The van der Waals surface area contributed by atoms with Crippen molar-refractivity contribution in [2.75, 3.05) is 7.11 Å². The first kappa shape index (κ1) is 25.4. The predicted octanol–water partition coefficient (Wildman–Crippen LogP) is 5.86. The van der Waals surface area contributed by atoms with Crippen LogP contribution in [0.4, 0.5) is 0 Å². The first-order valence-corrected chi connectivity index (χ1v) is 13.1. The van der Waals surface area contributed by atoms with Crippen molar-refractivity contribution in [1.82, 2.24) is 4.72 Å². The quantitative estimate of drug-likeness (QED) is 0.321. The molecule has 5 nitrogen and oxygen atoms in total. The van der Waals surface area contributed by atoms with E-state index in [0.29, 0.717) is 24.3 Å². The number of nitrogens with one attached hydrogen (secondary N) is 1. The number of ether oxygens (including phenoxy) is 1. The molecule has 0 aliphatic carbocycles. The molecule has 0 aliphatic rings. The molecule has 0 amide bonds. The Morgan fingerprint density at radius 3 is 2.18 bits per heavy atom. The van der Waals surface area contributed by atoms with Gasteiger partial charge in [0.15, 0.2) is 0 Å². The van der Waals surface area contributed by atoms with Gasteiger partial charge in [-0.25, -0.2) is 13.1 Å². The molecule has 0 aliphatic heterocycles. The largest absolute Gasteiger partial charge is 0.469 e. The van der Waals surface area contributed by atoms with Crippen LogP contribution in [0, 0.1) is 0 Å². The normalized spacial score (nSPS) is 12.3. The SMILES string of the molecule is COC(=O)CCCc1ccc(C(Cc2ccc(Br)cc2)NS(=O)(=O)c2ccc(Cl)cc2)cc1. The minimum absolute atomic E-state index is 0.159. The molecular formula is C25H25BrClNO4S. The van der Waals surface area contributed by atoms with Crippen LogP contribution in [-0.4, -0.2) is 21.5 Å². The van der Waals surface area contributed by atoms with Crippen molar-refractivity contribution in [2.45, 2.75) is 36.6 Å². The van der Waals surface area contributed by atoms with Crippen molar-refractivity contribution in [1.29, 1.82) is 0 Å². The smallest absolute Gasteiger partial charge is 0.305 e. The summed E-state index contributed by atoms with van der Waals surface area (Å²) in [5, 5.41) is 0.475. The molecule has 3 aromatic rings. The van der Waals surface area contributed by atoms with E-state index in [2.05, 4.69) is 25.4 Å². The van der Waals surface area contributed by atoms with Gasteiger partial charge in [0.1, 0.15) is 0 Å². The maximum absolute atomic E-state index is 13.1. The highest BCUT2D eigenvalue weighted by molar-refractivity contribution is 9.10. The minimum atomic E-state index is -3.76. The van der Waals surface area contributed by atoms with Crippen LogP contribution in [-0.2, 0) is 32.4 Å². The van der Waals surface area contributed by atoms with Gasteiger partial charge in [-0.2, -0.15) is 0 Å². The number of esters is 1. The number of carbonyl (C=O) groups excluding carboxylic acids is 1. The van der Waals surface area contributed by atoms with Crippen LogP contribution in [0.5, 0.6) is 0 Å². The molecular weight excluding hydrogens is 526 g/mol.